The highest BCUT2D eigenvalue weighted by Crippen LogP contribution is 2.14. The lowest BCUT2D eigenvalue weighted by atomic mass is 9.97. The van der Waals surface area contributed by atoms with E-state index in [1.165, 1.54) is 0 Å². The van der Waals surface area contributed by atoms with Crippen molar-refractivity contribution in [1.82, 2.24) is 4.72 Å². The Morgan fingerprint density at radius 1 is 1.05 bits per heavy atom. The molecule has 0 aliphatic carbocycles. The summed E-state index contributed by atoms with van der Waals surface area (Å²) in [6.07, 6.45) is 0.379. The summed E-state index contributed by atoms with van der Waals surface area (Å²) in [5.74, 6) is 0. The number of nitrogens with one attached hydrogen (secondary N) is 1. The molecule has 0 unspecified atom stereocenters. The lowest BCUT2D eigenvalue weighted by molar-refractivity contribution is 0.0657. The fraction of sp³-hybridized carbons (Fsp3) is 0.294. The van der Waals surface area contributed by atoms with E-state index in [4.69, 9.17) is 0 Å². The van der Waals surface area contributed by atoms with Crippen LogP contribution in [0.4, 0.5) is 0 Å². The first kappa shape index (κ1) is 16.7. The van der Waals surface area contributed by atoms with E-state index in [0.717, 1.165) is 11.1 Å². The van der Waals surface area contributed by atoms with E-state index in [0.29, 0.717) is 6.42 Å². The number of benzene rings is 2. The van der Waals surface area contributed by atoms with E-state index in [9.17, 15) is 13.5 Å². The molecule has 2 aromatic carbocycles. The molecule has 0 aliphatic rings. The van der Waals surface area contributed by atoms with E-state index in [2.05, 4.69) is 4.72 Å². The Balaban J connectivity index is 2.03. The van der Waals surface area contributed by atoms with Crippen molar-refractivity contribution in [2.75, 3.05) is 6.54 Å². The van der Waals surface area contributed by atoms with Crippen molar-refractivity contribution in [2.45, 2.75) is 30.8 Å². The van der Waals surface area contributed by atoms with Crippen molar-refractivity contribution < 1.29 is 13.5 Å². The molecule has 0 fully saturated rings. The van der Waals surface area contributed by atoms with Gasteiger partial charge in [-0.2, -0.15) is 0 Å². The minimum atomic E-state index is -3.61. The molecule has 4 nitrogen and oxygen atoms in total. The zero-order chi connectivity index (χ0) is 16.2. The molecule has 22 heavy (non-hydrogen) atoms. The molecule has 0 saturated heterocycles. The monoisotopic (exact) mass is 319 g/mol. The summed E-state index contributed by atoms with van der Waals surface area (Å²) in [7, 11) is -3.61. The van der Waals surface area contributed by atoms with Gasteiger partial charge in [-0.25, -0.2) is 13.1 Å². The van der Waals surface area contributed by atoms with E-state index in [1.54, 1.807) is 31.2 Å². The minimum absolute atomic E-state index is 0.0435. The molecule has 118 valence electrons. The smallest absolute Gasteiger partial charge is 0.240 e. The first-order valence-electron chi connectivity index (χ1n) is 7.11. The molecule has 2 N–H and O–H groups in total. The predicted molar refractivity (Wildman–Crippen MR) is 87.1 cm³/mol. The van der Waals surface area contributed by atoms with Crippen LogP contribution < -0.4 is 4.72 Å². The van der Waals surface area contributed by atoms with Gasteiger partial charge in [0.25, 0.3) is 0 Å². The third-order valence-electron chi connectivity index (χ3n) is 3.40. The van der Waals surface area contributed by atoms with E-state index < -0.39 is 15.6 Å². The number of hydrogen-bond acceptors (Lipinski definition) is 3. The van der Waals surface area contributed by atoms with Gasteiger partial charge in [0.15, 0.2) is 0 Å². The highest BCUT2D eigenvalue weighted by atomic mass is 32.2. The van der Waals surface area contributed by atoms with Crippen molar-refractivity contribution in [3.05, 3.63) is 65.7 Å². The SMILES string of the molecule is Cc1ccc(S(=O)(=O)NC[C@@](C)(O)Cc2ccccc2)cc1. The van der Waals surface area contributed by atoms with Crippen LogP contribution in [-0.4, -0.2) is 25.7 Å². The summed E-state index contributed by atoms with van der Waals surface area (Å²) >= 11 is 0. The second-order valence-electron chi connectivity index (χ2n) is 5.80. The summed E-state index contributed by atoms with van der Waals surface area (Å²) in [4.78, 5) is 0.202. The molecule has 0 aromatic heterocycles. The Labute approximate surface area is 131 Å². The maximum absolute atomic E-state index is 12.2. The molecular weight excluding hydrogens is 298 g/mol. The molecule has 0 aliphatic heterocycles. The lowest BCUT2D eigenvalue weighted by Crippen LogP contribution is -2.42. The highest BCUT2D eigenvalue weighted by molar-refractivity contribution is 7.89. The van der Waals surface area contributed by atoms with Gasteiger partial charge in [0.1, 0.15) is 0 Å². The second kappa shape index (κ2) is 6.60. The van der Waals surface area contributed by atoms with Crippen LogP contribution in [0.25, 0.3) is 0 Å². The van der Waals surface area contributed by atoms with Gasteiger partial charge in [-0.05, 0) is 31.5 Å². The van der Waals surface area contributed by atoms with Gasteiger partial charge in [-0.1, -0.05) is 48.0 Å². The Hall–Kier alpha value is -1.69. The van der Waals surface area contributed by atoms with Gasteiger partial charge in [-0.3, -0.25) is 0 Å². The van der Waals surface area contributed by atoms with Crippen LogP contribution in [0.5, 0.6) is 0 Å². The third kappa shape index (κ3) is 4.66. The maximum atomic E-state index is 12.2. The summed E-state index contributed by atoms with van der Waals surface area (Å²) in [6, 6.07) is 16.1. The van der Waals surface area contributed by atoms with Crippen LogP contribution in [0.2, 0.25) is 0 Å². The van der Waals surface area contributed by atoms with Gasteiger partial charge in [0.05, 0.1) is 10.5 Å². The Kier molecular flexibility index (Phi) is 5.01. The van der Waals surface area contributed by atoms with Crippen molar-refractivity contribution in [3.8, 4) is 0 Å². The van der Waals surface area contributed by atoms with Crippen molar-refractivity contribution in [2.24, 2.45) is 0 Å². The Morgan fingerprint density at radius 2 is 1.64 bits per heavy atom. The molecule has 0 spiro atoms. The van der Waals surface area contributed by atoms with Gasteiger partial charge < -0.3 is 5.11 Å². The molecule has 0 heterocycles. The average molecular weight is 319 g/mol. The molecule has 2 rings (SSSR count). The quantitative estimate of drug-likeness (QED) is 0.858. The largest absolute Gasteiger partial charge is 0.388 e. The van der Waals surface area contributed by atoms with Crippen molar-refractivity contribution in [1.29, 1.82) is 0 Å². The van der Waals surface area contributed by atoms with Gasteiger partial charge >= 0.3 is 0 Å². The standard InChI is InChI=1S/C17H21NO3S/c1-14-8-10-16(11-9-14)22(20,21)18-13-17(2,19)12-15-6-4-3-5-7-15/h3-11,18-19H,12-13H2,1-2H3/t17-/m0/s1. The fourth-order valence-electron chi connectivity index (χ4n) is 2.15. The molecule has 2 aromatic rings. The fourth-order valence-corrected chi connectivity index (χ4v) is 3.31. The summed E-state index contributed by atoms with van der Waals surface area (Å²) in [6.45, 7) is 3.48. The summed E-state index contributed by atoms with van der Waals surface area (Å²) < 4.78 is 26.9. The van der Waals surface area contributed by atoms with Crippen LogP contribution in [0.1, 0.15) is 18.1 Å². The van der Waals surface area contributed by atoms with Crippen LogP contribution in [0.3, 0.4) is 0 Å². The van der Waals surface area contributed by atoms with Gasteiger partial charge in [0.2, 0.25) is 10.0 Å². The lowest BCUT2D eigenvalue weighted by Gasteiger charge is -2.23. The summed E-state index contributed by atoms with van der Waals surface area (Å²) in [5.41, 5.74) is 0.802. The van der Waals surface area contributed by atoms with Crippen molar-refractivity contribution >= 4 is 10.0 Å². The minimum Gasteiger partial charge on any atom is -0.388 e. The number of aryl methyl sites for hydroxylation is 1. The molecular formula is C17H21NO3S. The number of sulfonamides is 1. The molecule has 1 atom stereocenters. The Bertz CT molecular complexity index is 707. The molecule has 0 amide bonds. The Morgan fingerprint density at radius 3 is 2.23 bits per heavy atom. The zero-order valence-corrected chi connectivity index (χ0v) is 13.6. The average Bonchev–Trinajstić information content (AvgIpc) is 2.47. The first-order valence-corrected chi connectivity index (χ1v) is 8.59. The number of hydrogen-bond donors (Lipinski definition) is 2. The predicted octanol–water partition coefficient (Wildman–Crippen LogP) is 2.27. The molecule has 0 saturated carbocycles. The third-order valence-corrected chi connectivity index (χ3v) is 4.82. The van der Waals surface area contributed by atoms with Crippen LogP contribution in [0.15, 0.2) is 59.5 Å². The van der Waals surface area contributed by atoms with E-state index >= 15 is 0 Å². The van der Waals surface area contributed by atoms with Crippen LogP contribution in [-0.2, 0) is 16.4 Å². The number of rotatable bonds is 6. The molecule has 5 heteroatoms. The molecule has 0 bridgehead atoms. The van der Waals surface area contributed by atoms with Crippen LogP contribution >= 0.6 is 0 Å². The maximum Gasteiger partial charge on any atom is 0.240 e. The van der Waals surface area contributed by atoms with Gasteiger partial charge in [-0.15, -0.1) is 0 Å². The first-order chi connectivity index (χ1) is 10.3. The van der Waals surface area contributed by atoms with Crippen molar-refractivity contribution in [3.63, 3.8) is 0 Å². The number of aliphatic hydroxyl groups is 1. The zero-order valence-electron chi connectivity index (χ0n) is 12.8. The van der Waals surface area contributed by atoms with Gasteiger partial charge in [0, 0.05) is 13.0 Å². The summed E-state index contributed by atoms with van der Waals surface area (Å²) in [5, 5.41) is 10.4. The van der Waals surface area contributed by atoms with E-state index in [1.807, 2.05) is 37.3 Å². The second-order valence-corrected chi connectivity index (χ2v) is 7.56. The molecule has 0 radical (unpaired) electrons. The normalized spacial score (nSPS) is 14.5. The topological polar surface area (TPSA) is 66.4 Å². The highest BCUT2D eigenvalue weighted by Gasteiger charge is 2.24. The van der Waals surface area contributed by atoms with E-state index in [-0.39, 0.29) is 11.4 Å². The van der Waals surface area contributed by atoms with Crippen LogP contribution in [0, 0.1) is 6.92 Å².